The Bertz CT molecular complexity index is 1480. The summed E-state index contributed by atoms with van der Waals surface area (Å²) in [6, 6.07) is 10.9. The number of hydrogen-bond acceptors (Lipinski definition) is 8. The molecule has 2 aromatic carbocycles. The van der Waals surface area contributed by atoms with E-state index in [4.69, 9.17) is 26.2 Å². The Kier molecular flexibility index (Phi) is 13.4. The molecule has 0 fully saturated rings. The molecule has 0 aliphatic heterocycles. The maximum Gasteiger partial charge on any atom is 0.152 e. The molecular weight excluding hydrogens is 558 g/mol. The molecule has 0 saturated carbocycles. The number of phenolic OH excluding ortho intramolecular Hbond substituents is 2. The molecule has 9 heteroatoms. The summed E-state index contributed by atoms with van der Waals surface area (Å²) < 4.78 is 8.00. The first-order chi connectivity index (χ1) is 20.4. The summed E-state index contributed by atoms with van der Waals surface area (Å²) in [6.07, 6.45) is 4.46. The molecule has 4 aromatic rings. The average Bonchev–Trinajstić information content (AvgIpc) is 3.33. The molecule has 4 rings (SSSR count). The van der Waals surface area contributed by atoms with Gasteiger partial charge in [0.25, 0.3) is 0 Å². The number of benzene rings is 2. The molecule has 0 bridgehead atoms. The first kappa shape index (κ1) is 35.9. The van der Waals surface area contributed by atoms with Gasteiger partial charge in [0.15, 0.2) is 5.82 Å². The Morgan fingerprint density at radius 3 is 2.30 bits per heavy atom. The van der Waals surface area contributed by atoms with Gasteiger partial charge in [-0.05, 0) is 74.2 Å². The van der Waals surface area contributed by atoms with E-state index < -0.39 is 0 Å². The molecule has 236 valence electrons. The minimum atomic E-state index is -0.229. The number of thiocarbonyl (C=S) groups is 1. The quantitative estimate of drug-likeness (QED) is 0.0741. The Hall–Kier alpha value is -3.27. The van der Waals surface area contributed by atoms with E-state index in [-0.39, 0.29) is 22.5 Å². The zero-order valence-electron chi connectivity index (χ0n) is 27.0. The molecule has 0 unspecified atom stereocenters. The van der Waals surface area contributed by atoms with Crippen molar-refractivity contribution in [1.29, 1.82) is 0 Å². The van der Waals surface area contributed by atoms with Crippen LogP contribution in [-0.2, 0) is 23.1 Å². The molecule has 0 aliphatic carbocycles. The summed E-state index contributed by atoms with van der Waals surface area (Å²) in [5.41, 5.74) is 16.3. The van der Waals surface area contributed by atoms with E-state index in [1.54, 1.807) is 6.07 Å². The Balaban J connectivity index is 0.00000155. The summed E-state index contributed by atoms with van der Waals surface area (Å²) in [5.74, 6) is 4.34. The van der Waals surface area contributed by atoms with Crippen LogP contribution in [0.15, 0.2) is 36.4 Å². The third-order valence-corrected chi connectivity index (χ3v) is 7.47. The standard InChI is InChI=1S/C31H43N5O3.C2H6.CH2S/c1-6-7-8-26-35-27-28(36(26)19-20-17-22(37)10-12-25(20)38)23-11-9-21(18-24(23)34-29(27)32)30(2,3)13-15-39-16-14-31(4,5)33;2*1-2/h9-12,17-18,37-38H,6-8,13-16,19,33H2,1-5H3,(H2,32,34);1-2H3;1H2. The fourth-order valence-corrected chi connectivity index (χ4v) is 4.85. The van der Waals surface area contributed by atoms with Crippen molar-refractivity contribution >= 4 is 45.8 Å². The van der Waals surface area contributed by atoms with Crippen LogP contribution in [0.5, 0.6) is 11.5 Å². The molecular formula is C34H51N5O3S. The van der Waals surface area contributed by atoms with Gasteiger partial charge in [-0.2, -0.15) is 0 Å². The van der Waals surface area contributed by atoms with Crippen LogP contribution >= 0.6 is 12.2 Å². The number of fused-ring (bicyclic) bond motifs is 3. The van der Waals surface area contributed by atoms with Gasteiger partial charge in [-0.1, -0.05) is 65.4 Å². The van der Waals surface area contributed by atoms with Crippen LogP contribution in [0.1, 0.15) is 91.1 Å². The molecule has 0 atom stereocenters. The second kappa shape index (κ2) is 16.0. The van der Waals surface area contributed by atoms with Crippen molar-refractivity contribution in [1.82, 2.24) is 14.5 Å². The van der Waals surface area contributed by atoms with Crippen molar-refractivity contribution in [3.63, 3.8) is 0 Å². The molecule has 0 amide bonds. The van der Waals surface area contributed by atoms with E-state index in [1.165, 1.54) is 12.1 Å². The lowest BCUT2D eigenvalue weighted by atomic mass is 9.81. The normalized spacial score (nSPS) is 11.6. The second-order valence-electron chi connectivity index (χ2n) is 11.9. The van der Waals surface area contributed by atoms with Crippen LogP contribution in [0.3, 0.4) is 0 Å². The highest BCUT2D eigenvalue weighted by atomic mass is 32.1. The van der Waals surface area contributed by atoms with Gasteiger partial charge in [-0.3, -0.25) is 0 Å². The first-order valence-corrected chi connectivity index (χ1v) is 15.7. The lowest BCUT2D eigenvalue weighted by molar-refractivity contribution is 0.105. The van der Waals surface area contributed by atoms with Crippen molar-refractivity contribution in [3.8, 4) is 11.5 Å². The van der Waals surface area contributed by atoms with Crippen LogP contribution in [0.4, 0.5) is 5.82 Å². The van der Waals surface area contributed by atoms with Crippen molar-refractivity contribution in [2.45, 2.75) is 98.1 Å². The van der Waals surface area contributed by atoms with Gasteiger partial charge in [0.2, 0.25) is 0 Å². The SMILES string of the molecule is C=S.CC.CCCCc1nc2c(N)nc3cc(C(C)(C)CCOCCC(C)(C)N)ccc3c2n1Cc1cc(O)ccc1O. The largest absolute Gasteiger partial charge is 0.508 e. The number of anilines is 1. The second-order valence-corrected chi connectivity index (χ2v) is 11.9. The summed E-state index contributed by atoms with van der Waals surface area (Å²) in [6.45, 7) is 16.2. The molecule has 0 radical (unpaired) electrons. The van der Waals surface area contributed by atoms with Crippen LogP contribution in [0.2, 0.25) is 0 Å². The van der Waals surface area contributed by atoms with Gasteiger partial charge in [0, 0.05) is 36.1 Å². The topological polar surface area (TPSA) is 132 Å². The average molecular weight is 610 g/mol. The van der Waals surface area contributed by atoms with Crippen LogP contribution in [0, 0.1) is 0 Å². The van der Waals surface area contributed by atoms with E-state index in [1.807, 2.05) is 27.7 Å². The van der Waals surface area contributed by atoms with Crippen LogP contribution in [0.25, 0.3) is 21.9 Å². The molecule has 43 heavy (non-hydrogen) atoms. The van der Waals surface area contributed by atoms with Gasteiger partial charge >= 0.3 is 0 Å². The first-order valence-electron chi connectivity index (χ1n) is 15.1. The molecule has 6 N–H and O–H groups in total. The fourth-order valence-electron chi connectivity index (χ4n) is 4.85. The number of hydrogen-bond donors (Lipinski definition) is 4. The van der Waals surface area contributed by atoms with Gasteiger partial charge in [0.05, 0.1) is 17.6 Å². The van der Waals surface area contributed by atoms with Crippen LogP contribution < -0.4 is 11.5 Å². The van der Waals surface area contributed by atoms with E-state index in [0.717, 1.165) is 59.9 Å². The minimum absolute atomic E-state index is 0.107. The number of nitrogens with zero attached hydrogens (tertiary/aromatic N) is 3. The lowest BCUT2D eigenvalue weighted by Crippen LogP contribution is -2.33. The fraction of sp³-hybridized carbons (Fsp3) is 0.500. The summed E-state index contributed by atoms with van der Waals surface area (Å²) in [7, 11) is 0. The number of unbranched alkanes of at least 4 members (excludes halogenated alkanes) is 1. The lowest BCUT2D eigenvalue weighted by Gasteiger charge is -2.26. The molecule has 2 heterocycles. The number of imidazole rings is 1. The number of rotatable bonds is 12. The van der Waals surface area contributed by atoms with Crippen molar-refractivity contribution < 1.29 is 14.9 Å². The maximum atomic E-state index is 10.5. The molecule has 0 spiro atoms. The van der Waals surface area contributed by atoms with Gasteiger partial charge in [-0.25, -0.2) is 9.97 Å². The molecule has 2 aromatic heterocycles. The summed E-state index contributed by atoms with van der Waals surface area (Å²) in [5, 5.41) is 21.5. The molecule has 0 aliphatic rings. The number of nitrogen functional groups attached to an aromatic ring is 1. The van der Waals surface area contributed by atoms with Crippen LogP contribution in [-0.4, -0.2) is 49.4 Å². The third kappa shape index (κ3) is 9.36. The number of pyridine rings is 1. The summed E-state index contributed by atoms with van der Waals surface area (Å²) >= 11 is 3.83. The molecule has 8 nitrogen and oxygen atoms in total. The van der Waals surface area contributed by atoms with E-state index >= 15 is 0 Å². The number of ether oxygens (including phenoxy) is 1. The smallest absolute Gasteiger partial charge is 0.152 e. The Morgan fingerprint density at radius 1 is 0.977 bits per heavy atom. The number of aromatic hydroxyl groups is 2. The van der Waals surface area contributed by atoms with Crippen molar-refractivity contribution in [3.05, 3.63) is 53.3 Å². The zero-order valence-corrected chi connectivity index (χ0v) is 27.9. The van der Waals surface area contributed by atoms with Crippen molar-refractivity contribution in [2.24, 2.45) is 5.73 Å². The third-order valence-electron chi connectivity index (χ3n) is 7.47. The minimum Gasteiger partial charge on any atom is -0.508 e. The Labute approximate surface area is 262 Å². The van der Waals surface area contributed by atoms with E-state index in [0.29, 0.717) is 36.7 Å². The predicted octanol–water partition coefficient (Wildman–Crippen LogP) is 7.42. The highest BCUT2D eigenvalue weighted by Gasteiger charge is 2.24. The van der Waals surface area contributed by atoms with E-state index in [9.17, 15) is 10.2 Å². The van der Waals surface area contributed by atoms with Gasteiger partial charge in [-0.15, -0.1) is 0 Å². The van der Waals surface area contributed by atoms with Crippen molar-refractivity contribution in [2.75, 3.05) is 18.9 Å². The maximum absolute atomic E-state index is 10.5. The number of aromatic nitrogens is 3. The summed E-state index contributed by atoms with van der Waals surface area (Å²) in [4.78, 5) is 9.66. The highest BCUT2D eigenvalue weighted by molar-refractivity contribution is 7.77. The van der Waals surface area contributed by atoms with Gasteiger partial charge < -0.3 is 31.0 Å². The van der Waals surface area contributed by atoms with Gasteiger partial charge in [0.1, 0.15) is 22.8 Å². The number of aryl methyl sites for hydroxylation is 1. The Morgan fingerprint density at radius 2 is 1.65 bits per heavy atom. The zero-order chi connectivity index (χ0) is 32.4. The molecule has 0 saturated heterocycles. The number of nitrogens with two attached hydrogens (primary N) is 2. The van der Waals surface area contributed by atoms with E-state index in [2.05, 4.69) is 61.6 Å². The number of phenols is 2. The highest BCUT2D eigenvalue weighted by Crippen LogP contribution is 2.35. The predicted molar refractivity (Wildman–Crippen MR) is 184 cm³/mol. The monoisotopic (exact) mass is 609 g/mol.